The normalized spacial score (nSPS) is 10.9. The van der Waals surface area contributed by atoms with Crippen molar-refractivity contribution < 1.29 is 14.3 Å². The number of ether oxygens (including phenoxy) is 1. The molecule has 0 aliphatic heterocycles. The Morgan fingerprint density at radius 3 is 2.52 bits per heavy atom. The summed E-state index contributed by atoms with van der Waals surface area (Å²) in [7, 11) is 1.59. The van der Waals surface area contributed by atoms with E-state index in [0.717, 1.165) is 5.56 Å². The zero-order chi connectivity index (χ0) is 18.4. The summed E-state index contributed by atoms with van der Waals surface area (Å²) in [6.45, 7) is 5.98. The molecule has 0 aliphatic carbocycles. The molecule has 2 rings (SSSR count). The molecule has 0 spiro atoms. The second-order valence-corrected chi connectivity index (χ2v) is 6.63. The van der Waals surface area contributed by atoms with E-state index < -0.39 is 0 Å². The van der Waals surface area contributed by atoms with Crippen molar-refractivity contribution in [3.05, 3.63) is 59.4 Å². The number of carbonyl (C=O) groups is 2. The molecule has 6 heteroatoms. The molecule has 2 N–H and O–H groups in total. The number of nitrogens with zero attached hydrogens (tertiary/aromatic N) is 1. The number of hydrogen-bond donors (Lipinski definition) is 2. The molecule has 0 aliphatic rings. The fraction of sp³-hybridized carbons (Fsp3) is 0.316. The Morgan fingerprint density at radius 1 is 1.12 bits per heavy atom. The van der Waals surface area contributed by atoms with Gasteiger partial charge in [-0.15, -0.1) is 0 Å². The zero-order valence-electron chi connectivity index (χ0n) is 14.9. The third-order valence-electron chi connectivity index (χ3n) is 3.38. The van der Waals surface area contributed by atoms with Crippen molar-refractivity contribution in [3.63, 3.8) is 0 Å². The number of amides is 2. The summed E-state index contributed by atoms with van der Waals surface area (Å²) >= 11 is 0. The number of rotatable bonds is 5. The minimum absolute atomic E-state index is 0.208. The Labute approximate surface area is 147 Å². The van der Waals surface area contributed by atoms with Crippen LogP contribution in [0.2, 0.25) is 0 Å². The SMILES string of the molecule is COc1ccccc1CNC(=O)c1ccnc(C(=O)NC(C)(C)C)c1. The van der Waals surface area contributed by atoms with E-state index in [1.54, 1.807) is 13.2 Å². The van der Waals surface area contributed by atoms with Gasteiger partial charge in [0.2, 0.25) is 0 Å². The van der Waals surface area contributed by atoms with Crippen molar-refractivity contribution in [2.45, 2.75) is 32.9 Å². The van der Waals surface area contributed by atoms with E-state index in [1.165, 1.54) is 12.3 Å². The lowest BCUT2D eigenvalue weighted by atomic mass is 10.1. The summed E-state index contributed by atoms with van der Waals surface area (Å²) in [6.07, 6.45) is 1.45. The van der Waals surface area contributed by atoms with Crippen LogP contribution in [0.5, 0.6) is 5.75 Å². The molecule has 0 saturated carbocycles. The molecule has 0 fully saturated rings. The van der Waals surface area contributed by atoms with Gasteiger partial charge in [0.1, 0.15) is 11.4 Å². The third kappa shape index (κ3) is 5.31. The maximum absolute atomic E-state index is 12.4. The van der Waals surface area contributed by atoms with Crippen LogP contribution in [0, 0.1) is 0 Å². The van der Waals surface area contributed by atoms with Gasteiger partial charge in [0, 0.05) is 29.4 Å². The number of methoxy groups -OCH3 is 1. The summed E-state index contributed by atoms with van der Waals surface area (Å²) < 4.78 is 5.27. The topological polar surface area (TPSA) is 80.3 Å². The van der Waals surface area contributed by atoms with E-state index in [2.05, 4.69) is 15.6 Å². The van der Waals surface area contributed by atoms with Gasteiger partial charge in [-0.2, -0.15) is 0 Å². The molecule has 0 bridgehead atoms. The summed E-state index contributed by atoms with van der Waals surface area (Å²) in [4.78, 5) is 28.6. The quantitative estimate of drug-likeness (QED) is 0.876. The van der Waals surface area contributed by atoms with Crippen LogP contribution in [0.15, 0.2) is 42.6 Å². The summed E-state index contributed by atoms with van der Waals surface area (Å²) in [5, 5.41) is 5.65. The first-order valence-corrected chi connectivity index (χ1v) is 7.99. The minimum atomic E-state index is -0.374. The molecule has 6 nitrogen and oxygen atoms in total. The van der Waals surface area contributed by atoms with Gasteiger partial charge >= 0.3 is 0 Å². The molecule has 2 amide bonds. The monoisotopic (exact) mass is 341 g/mol. The van der Waals surface area contributed by atoms with E-state index in [9.17, 15) is 9.59 Å². The lowest BCUT2D eigenvalue weighted by molar-refractivity contribution is 0.0914. The van der Waals surface area contributed by atoms with E-state index in [-0.39, 0.29) is 23.0 Å². The van der Waals surface area contributed by atoms with Gasteiger partial charge in [-0.3, -0.25) is 14.6 Å². The molecule has 1 aromatic carbocycles. The molecular formula is C19H23N3O3. The van der Waals surface area contributed by atoms with Crippen LogP contribution in [0.25, 0.3) is 0 Å². The molecule has 0 unspecified atom stereocenters. The van der Waals surface area contributed by atoms with Crippen molar-refractivity contribution >= 4 is 11.8 Å². The van der Waals surface area contributed by atoms with Gasteiger partial charge in [0.25, 0.3) is 11.8 Å². The van der Waals surface area contributed by atoms with Crippen molar-refractivity contribution in [1.82, 2.24) is 15.6 Å². The Hall–Kier alpha value is -2.89. The first-order valence-electron chi connectivity index (χ1n) is 7.99. The number of hydrogen-bond acceptors (Lipinski definition) is 4. The van der Waals surface area contributed by atoms with E-state index in [1.807, 2.05) is 45.0 Å². The van der Waals surface area contributed by atoms with Gasteiger partial charge in [-0.05, 0) is 39.0 Å². The van der Waals surface area contributed by atoms with Crippen LogP contribution in [0.4, 0.5) is 0 Å². The summed E-state index contributed by atoms with van der Waals surface area (Å²) in [6, 6.07) is 10.5. The van der Waals surface area contributed by atoms with Crippen LogP contribution >= 0.6 is 0 Å². The third-order valence-corrected chi connectivity index (χ3v) is 3.38. The minimum Gasteiger partial charge on any atom is -0.496 e. The van der Waals surface area contributed by atoms with Crippen molar-refractivity contribution in [2.24, 2.45) is 0 Å². The van der Waals surface area contributed by atoms with Crippen molar-refractivity contribution in [2.75, 3.05) is 7.11 Å². The fourth-order valence-electron chi connectivity index (χ4n) is 2.23. The number of nitrogens with one attached hydrogen (secondary N) is 2. The highest BCUT2D eigenvalue weighted by molar-refractivity contribution is 5.98. The van der Waals surface area contributed by atoms with Crippen LogP contribution in [0.1, 0.15) is 47.2 Å². The van der Waals surface area contributed by atoms with Gasteiger partial charge in [0.05, 0.1) is 7.11 Å². The molecule has 0 radical (unpaired) electrons. The largest absolute Gasteiger partial charge is 0.496 e. The molecule has 0 saturated heterocycles. The lowest BCUT2D eigenvalue weighted by Crippen LogP contribution is -2.41. The van der Waals surface area contributed by atoms with Crippen molar-refractivity contribution in [1.29, 1.82) is 0 Å². The van der Waals surface area contributed by atoms with Gasteiger partial charge in [-0.1, -0.05) is 18.2 Å². The Kier molecular flexibility index (Phi) is 5.75. The average molecular weight is 341 g/mol. The lowest BCUT2D eigenvalue weighted by Gasteiger charge is -2.20. The summed E-state index contributed by atoms with van der Waals surface area (Å²) in [5.74, 6) is 0.118. The number of pyridine rings is 1. The maximum atomic E-state index is 12.4. The number of carbonyl (C=O) groups excluding carboxylic acids is 2. The van der Waals surface area contributed by atoms with Gasteiger partial charge in [0.15, 0.2) is 0 Å². The average Bonchev–Trinajstić information content (AvgIpc) is 2.58. The smallest absolute Gasteiger partial charge is 0.270 e. The highest BCUT2D eigenvalue weighted by Crippen LogP contribution is 2.17. The molecule has 1 aromatic heterocycles. The molecular weight excluding hydrogens is 318 g/mol. The van der Waals surface area contributed by atoms with Crippen molar-refractivity contribution in [3.8, 4) is 5.75 Å². The predicted octanol–water partition coefficient (Wildman–Crippen LogP) is 2.55. The molecule has 1 heterocycles. The van der Waals surface area contributed by atoms with Crippen LogP contribution in [0.3, 0.4) is 0 Å². The fourth-order valence-corrected chi connectivity index (χ4v) is 2.23. The van der Waals surface area contributed by atoms with Crippen LogP contribution in [-0.2, 0) is 6.54 Å². The van der Waals surface area contributed by atoms with Gasteiger partial charge in [-0.25, -0.2) is 0 Å². The predicted molar refractivity (Wildman–Crippen MR) is 95.6 cm³/mol. The van der Waals surface area contributed by atoms with E-state index in [4.69, 9.17) is 4.74 Å². The van der Waals surface area contributed by atoms with Crippen LogP contribution < -0.4 is 15.4 Å². The first kappa shape index (κ1) is 18.4. The highest BCUT2D eigenvalue weighted by Gasteiger charge is 2.17. The Bertz CT molecular complexity index is 767. The zero-order valence-corrected chi connectivity index (χ0v) is 14.9. The Balaban J connectivity index is 2.07. The van der Waals surface area contributed by atoms with Gasteiger partial charge < -0.3 is 15.4 Å². The van der Waals surface area contributed by atoms with Crippen LogP contribution in [-0.4, -0.2) is 29.4 Å². The number of benzene rings is 1. The standard InChI is InChI=1S/C19H23N3O3/c1-19(2,3)22-18(24)15-11-13(9-10-20-15)17(23)21-12-14-7-5-6-8-16(14)25-4/h5-11H,12H2,1-4H3,(H,21,23)(H,22,24). The number of para-hydroxylation sites is 1. The van der Waals surface area contributed by atoms with E-state index in [0.29, 0.717) is 17.9 Å². The molecule has 25 heavy (non-hydrogen) atoms. The molecule has 0 atom stereocenters. The Morgan fingerprint density at radius 2 is 1.84 bits per heavy atom. The summed E-state index contributed by atoms with van der Waals surface area (Å²) in [5.41, 5.74) is 1.09. The maximum Gasteiger partial charge on any atom is 0.270 e. The molecule has 132 valence electrons. The molecule has 2 aromatic rings. The second-order valence-electron chi connectivity index (χ2n) is 6.63. The number of aromatic nitrogens is 1. The second kappa shape index (κ2) is 7.79. The first-order chi connectivity index (χ1) is 11.8. The van der Waals surface area contributed by atoms with E-state index >= 15 is 0 Å². The highest BCUT2D eigenvalue weighted by atomic mass is 16.5.